The van der Waals surface area contributed by atoms with Crippen LogP contribution in [0, 0.1) is 13.8 Å². The molecule has 1 aliphatic carbocycles. The smallest absolute Gasteiger partial charge is 0.255 e. The Balaban J connectivity index is 1.41. The molecule has 5 heteroatoms. The third kappa shape index (κ3) is 3.45. The van der Waals surface area contributed by atoms with Gasteiger partial charge in [-0.2, -0.15) is 0 Å². The monoisotopic (exact) mass is 362 g/mol. The molecule has 0 bridgehead atoms. The number of hydrogen-bond donors (Lipinski definition) is 1. The number of aryl methyl sites for hydroxylation is 2. The third-order valence-corrected chi connectivity index (χ3v) is 5.16. The molecule has 1 N–H and O–H groups in total. The summed E-state index contributed by atoms with van der Waals surface area (Å²) in [5.41, 5.74) is 4.96. The van der Waals surface area contributed by atoms with Crippen LogP contribution < -0.4 is 10.1 Å². The van der Waals surface area contributed by atoms with Crippen LogP contribution in [-0.2, 0) is 13.0 Å². The maximum Gasteiger partial charge on any atom is 0.255 e. The average molecular weight is 362 g/mol. The number of nitrogens with one attached hydrogen (secondary N) is 1. The molecule has 27 heavy (non-hydrogen) atoms. The van der Waals surface area contributed by atoms with Gasteiger partial charge in [-0.05, 0) is 43.5 Å². The molecule has 138 valence electrons. The molecule has 0 unspecified atom stereocenters. The Kier molecular flexibility index (Phi) is 4.67. The van der Waals surface area contributed by atoms with Gasteiger partial charge in [0.15, 0.2) is 0 Å². The van der Waals surface area contributed by atoms with Crippen molar-refractivity contribution < 1.29 is 14.1 Å². The summed E-state index contributed by atoms with van der Waals surface area (Å²) in [6.45, 7) is 4.69. The van der Waals surface area contributed by atoms with Crippen LogP contribution in [0.5, 0.6) is 5.75 Å². The fraction of sp³-hybridized carbons (Fsp3) is 0.273. The summed E-state index contributed by atoms with van der Waals surface area (Å²) in [7, 11) is 0. The van der Waals surface area contributed by atoms with Crippen LogP contribution in [0.15, 0.2) is 53.1 Å². The predicted molar refractivity (Wildman–Crippen MR) is 102 cm³/mol. The molecule has 4 rings (SSSR count). The maximum absolute atomic E-state index is 12.7. The number of ether oxygens (including phenoxy) is 1. The molecule has 1 aliphatic rings. The molecule has 1 atom stereocenters. The van der Waals surface area contributed by atoms with Gasteiger partial charge in [-0.25, -0.2) is 0 Å². The van der Waals surface area contributed by atoms with Crippen molar-refractivity contribution in [2.45, 2.75) is 32.8 Å². The fourth-order valence-corrected chi connectivity index (χ4v) is 3.49. The molecule has 1 heterocycles. The van der Waals surface area contributed by atoms with Crippen molar-refractivity contribution in [1.82, 2.24) is 10.5 Å². The quantitative estimate of drug-likeness (QED) is 0.721. The van der Waals surface area contributed by atoms with E-state index in [4.69, 9.17) is 9.26 Å². The Hall–Kier alpha value is -3.08. The summed E-state index contributed by atoms with van der Waals surface area (Å²) in [6, 6.07) is 15.7. The Morgan fingerprint density at radius 2 is 1.96 bits per heavy atom. The van der Waals surface area contributed by atoms with Crippen molar-refractivity contribution in [3.05, 3.63) is 82.2 Å². The fourth-order valence-electron chi connectivity index (χ4n) is 3.49. The number of nitrogens with zero attached hydrogens (tertiary/aromatic N) is 1. The molecule has 0 fully saturated rings. The van der Waals surface area contributed by atoms with Crippen LogP contribution in [0.4, 0.5) is 0 Å². The minimum absolute atomic E-state index is 0.117. The van der Waals surface area contributed by atoms with Crippen LogP contribution in [0.25, 0.3) is 0 Å². The van der Waals surface area contributed by atoms with Crippen LogP contribution in [0.1, 0.15) is 44.4 Å². The number of fused-ring (bicyclic) bond motifs is 1. The lowest BCUT2D eigenvalue weighted by atomic mass is 9.77. The number of hydrogen-bond acceptors (Lipinski definition) is 4. The van der Waals surface area contributed by atoms with Gasteiger partial charge in [0.25, 0.3) is 5.91 Å². The van der Waals surface area contributed by atoms with E-state index in [1.165, 1.54) is 11.1 Å². The second-order valence-electron chi connectivity index (χ2n) is 6.90. The van der Waals surface area contributed by atoms with E-state index in [1.807, 2.05) is 38.1 Å². The molecule has 3 aromatic rings. The first-order valence-corrected chi connectivity index (χ1v) is 9.13. The number of para-hydroxylation sites is 1. The zero-order valence-corrected chi connectivity index (χ0v) is 15.5. The molecular formula is C22H22N2O3. The van der Waals surface area contributed by atoms with E-state index in [9.17, 15) is 4.79 Å². The highest BCUT2D eigenvalue weighted by molar-refractivity contribution is 5.96. The normalized spacial score (nSPS) is 15.0. The number of benzene rings is 2. The van der Waals surface area contributed by atoms with Crippen LogP contribution in [0.3, 0.4) is 0 Å². The molecular weight excluding hydrogens is 340 g/mol. The van der Waals surface area contributed by atoms with Crippen molar-refractivity contribution in [3.8, 4) is 5.75 Å². The van der Waals surface area contributed by atoms with Gasteiger partial charge in [-0.3, -0.25) is 4.79 Å². The summed E-state index contributed by atoms with van der Waals surface area (Å²) >= 11 is 0. The average Bonchev–Trinajstić information content (AvgIpc) is 2.98. The van der Waals surface area contributed by atoms with Crippen molar-refractivity contribution in [2.75, 3.05) is 6.54 Å². The van der Waals surface area contributed by atoms with Crippen molar-refractivity contribution in [1.29, 1.82) is 0 Å². The first-order chi connectivity index (χ1) is 13.1. The predicted octanol–water partition coefficient (Wildman–Crippen LogP) is 3.94. The Morgan fingerprint density at radius 1 is 1.19 bits per heavy atom. The van der Waals surface area contributed by atoms with Crippen molar-refractivity contribution >= 4 is 5.91 Å². The number of amides is 1. The highest BCUT2D eigenvalue weighted by atomic mass is 16.5. The molecule has 5 nitrogen and oxygen atoms in total. The molecule has 2 aromatic carbocycles. The Morgan fingerprint density at radius 3 is 2.74 bits per heavy atom. The SMILES string of the molecule is Cc1noc(C)c1COc1ccccc1C(=O)NC[C@@H]1Cc2ccccc21. The van der Waals surface area contributed by atoms with Gasteiger partial charge in [-0.15, -0.1) is 0 Å². The van der Waals surface area contributed by atoms with Gasteiger partial charge in [0.1, 0.15) is 18.1 Å². The van der Waals surface area contributed by atoms with E-state index in [1.54, 1.807) is 6.07 Å². The third-order valence-electron chi connectivity index (χ3n) is 5.16. The topological polar surface area (TPSA) is 64.4 Å². The summed E-state index contributed by atoms with van der Waals surface area (Å²) in [6.07, 6.45) is 1.01. The largest absolute Gasteiger partial charge is 0.488 e. The van der Waals surface area contributed by atoms with E-state index in [-0.39, 0.29) is 5.91 Å². The van der Waals surface area contributed by atoms with Gasteiger partial charge in [0.05, 0.1) is 16.8 Å². The molecule has 0 saturated carbocycles. The number of carbonyl (C=O) groups excluding carboxylic acids is 1. The molecule has 0 spiro atoms. The molecule has 1 amide bonds. The van der Waals surface area contributed by atoms with E-state index < -0.39 is 0 Å². The molecule has 0 saturated heterocycles. The first kappa shape index (κ1) is 17.3. The van der Waals surface area contributed by atoms with Crippen LogP contribution in [0.2, 0.25) is 0 Å². The van der Waals surface area contributed by atoms with Gasteiger partial charge < -0.3 is 14.6 Å². The zero-order chi connectivity index (χ0) is 18.8. The minimum atomic E-state index is -0.117. The van der Waals surface area contributed by atoms with E-state index in [2.05, 4.69) is 28.7 Å². The second kappa shape index (κ2) is 7.27. The van der Waals surface area contributed by atoms with Crippen molar-refractivity contribution in [2.24, 2.45) is 0 Å². The van der Waals surface area contributed by atoms with Gasteiger partial charge >= 0.3 is 0 Å². The standard InChI is InChI=1S/C22H22N2O3/c1-14-20(15(2)27-24-14)13-26-21-10-6-5-9-19(21)22(25)23-12-17-11-16-7-3-4-8-18(16)17/h3-10,17H,11-13H2,1-2H3,(H,23,25)/t17-/m0/s1. The Labute approximate surface area is 158 Å². The minimum Gasteiger partial charge on any atom is -0.488 e. The highest BCUT2D eigenvalue weighted by Crippen LogP contribution is 2.34. The van der Waals surface area contributed by atoms with E-state index in [0.717, 1.165) is 23.4 Å². The number of rotatable bonds is 6. The Bertz CT molecular complexity index is 958. The lowest BCUT2D eigenvalue weighted by molar-refractivity contribution is 0.0945. The molecule has 1 aromatic heterocycles. The maximum atomic E-state index is 12.7. The zero-order valence-electron chi connectivity index (χ0n) is 15.5. The van der Waals surface area contributed by atoms with Crippen molar-refractivity contribution in [3.63, 3.8) is 0 Å². The lowest BCUT2D eigenvalue weighted by Gasteiger charge is -2.30. The molecule has 0 radical (unpaired) electrons. The van der Waals surface area contributed by atoms with Gasteiger partial charge in [-0.1, -0.05) is 41.6 Å². The number of carbonyl (C=O) groups is 1. The highest BCUT2D eigenvalue weighted by Gasteiger charge is 2.26. The first-order valence-electron chi connectivity index (χ1n) is 9.13. The van der Waals surface area contributed by atoms with Gasteiger partial charge in [0, 0.05) is 12.5 Å². The van der Waals surface area contributed by atoms with Crippen LogP contribution >= 0.6 is 0 Å². The van der Waals surface area contributed by atoms with Gasteiger partial charge in [0.2, 0.25) is 0 Å². The summed E-state index contributed by atoms with van der Waals surface area (Å²) in [5, 5.41) is 6.98. The van der Waals surface area contributed by atoms with Crippen LogP contribution in [-0.4, -0.2) is 17.6 Å². The van der Waals surface area contributed by atoms with E-state index >= 15 is 0 Å². The lowest BCUT2D eigenvalue weighted by Crippen LogP contribution is -2.33. The summed E-state index contributed by atoms with van der Waals surface area (Å²) in [4.78, 5) is 12.7. The van der Waals surface area contributed by atoms with E-state index in [0.29, 0.717) is 30.4 Å². The summed E-state index contributed by atoms with van der Waals surface area (Å²) < 4.78 is 11.1. The second-order valence-corrected chi connectivity index (χ2v) is 6.90. The summed E-state index contributed by atoms with van der Waals surface area (Å²) in [5.74, 6) is 1.57. The number of aromatic nitrogens is 1. The molecule has 0 aliphatic heterocycles.